The van der Waals surface area contributed by atoms with E-state index in [0.717, 1.165) is 25.3 Å². The first-order valence-electron chi connectivity index (χ1n) is 6.15. The zero-order valence-electron chi connectivity index (χ0n) is 10.2. The molecule has 1 aliphatic rings. The third kappa shape index (κ3) is 3.03. The second-order valence-corrected chi connectivity index (χ2v) is 5.39. The molecule has 0 aromatic carbocycles. The van der Waals surface area contributed by atoms with Crippen LogP contribution in [-0.4, -0.2) is 35.6 Å². The lowest BCUT2D eigenvalue weighted by Crippen LogP contribution is -2.45. The Bertz CT molecular complexity index is 318. The highest BCUT2D eigenvalue weighted by Crippen LogP contribution is 2.16. The Morgan fingerprint density at radius 2 is 2.50 bits per heavy atom. The zero-order chi connectivity index (χ0) is 11.4. The van der Waals surface area contributed by atoms with Crippen molar-refractivity contribution in [1.29, 1.82) is 0 Å². The van der Waals surface area contributed by atoms with Gasteiger partial charge in [0.05, 0.1) is 6.54 Å². The second kappa shape index (κ2) is 5.75. The van der Waals surface area contributed by atoms with Gasteiger partial charge in [-0.05, 0) is 32.9 Å². The maximum Gasteiger partial charge on any atom is 0.107 e. The molecule has 1 atom stereocenters. The number of nitrogens with zero attached hydrogens (tertiary/aromatic N) is 2. The van der Waals surface area contributed by atoms with Crippen LogP contribution in [0.15, 0.2) is 5.38 Å². The summed E-state index contributed by atoms with van der Waals surface area (Å²) in [5.74, 6) is 0. The van der Waals surface area contributed by atoms with E-state index in [-0.39, 0.29) is 0 Å². The summed E-state index contributed by atoms with van der Waals surface area (Å²) in [7, 11) is 0. The minimum atomic E-state index is 0.697. The summed E-state index contributed by atoms with van der Waals surface area (Å²) >= 11 is 1.78. The molecule has 3 nitrogen and oxygen atoms in total. The van der Waals surface area contributed by atoms with E-state index in [1.807, 2.05) is 0 Å². The molecule has 1 unspecified atom stereocenters. The topological polar surface area (TPSA) is 28.2 Å². The van der Waals surface area contributed by atoms with Gasteiger partial charge >= 0.3 is 0 Å². The van der Waals surface area contributed by atoms with Crippen LogP contribution in [0.2, 0.25) is 0 Å². The average Bonchev–Trinajstić information content (AvgIpc) is 2.73. The van der Waals surface area contributed by atoms with Gasteiger partial charge in [-0.15, -0.1) is 11.3 Å². The van der Waals surface area contributed by atoms with Crippen molar-refractivity contribution in [2.45, 2.75) is 39.3 Å². The number of likely N-dealkylation sites (N-methyl/N-ethyl adjacent to an activating group) is 1. The molecular weight excluding hydrogens is 218 g/mol. The first-order chi connectivity index (χ1) is 7.79. The first-order valence-corrected chi connectivity index (χ1v) is 7.03. The summed E-state index contributed by atoms with van der Waals surface area (Å²) < 4.78 is 0. The Balaban J connectivity index is 1.94. The quantitative estimate of drug-likeness (QED) is 0.871. The van der Waals surface area contributed by atoms with Gasteiger partial charge in [-0.1, -0.05) is 6.92 Å². The maximum absolute atomic E-state index is 4.55. The summed E-state index contributed by atoms with van der Waals surface area (Å²) in [4.78, 5) is 7.10. The Morgan fingerprint density at radius 1 is 1.62 bits per heavy atom. The van der Waals surface area contributed by atoms with E-state index in [2.05, 4.69) is 34.4 Å². The predicted molar refractivity (Wildman–Crippen MR) is 68.8 cm³/mol. The van der Waals surface area contributed by atoms with E-state index in [9.17, 15) is 0 Å². The number of hydrogen-bond acceptors (Lipinski definition) is 4. The normalized spacial score (nSPS) is 21.6. The molecule has 0 radical (unpaired) electrons. The van der Waals surface area contributed by atoms with Gasteiger partial charge in [-0.3, -0.25) is 4.90 Å². The highest BCUT2D eigenvalue weighted by atomic mass is 32.1. The van der Waals surface area contributed by atoms with Crippen LogP contribution in [0, 0.1) is 6.92 Å². The minimum Gasteiger partial charge on any atom is -0.315 e. The number of nitrogens with one attached hydrogen (secondary N) is 1. The molecule has 16 heavy (non-hydrogen) atoms. The van der Waals surface area contributed by atoms with Crippen molar-refractivity contribution in [2.75, 3.05) is 19.6 Å². The largest absolute Gasteiger partial charge is 0.315 e. The van der Waals surface area contributed by atoms with Crippen LogP contribution in [0.1, 0.15) is 30.5 Å². The molecule has 1 aliphatic heterocycles. The summed E-state index contributed by atoms with van der Waals surface area (Å²) in [5.41, 5.74) is 1.15. The molecular formula is C12H21N3S. The van der Waals surface area contributed by atoms with Crippen molar-refractivity contribution in [1.82, 2.24) is 15.2 Å². The molecule has 1 N–H and O–H groups in total. The van der Waals surface area contributed by atoms with Crippen molar-refractivity contribution < 1.29 is 0 Å². The molecule has 1 fully saturated rings. The molecule has 0 bridgehead atoms. The molecule has 1 aromatic heterocycles. The molecule has 2 heterocycles. The molecule has 2 rings (SSSR count). The van der Waals surface area contributed by atoms with E-state index in [4.69, 9.17) is 0 Å². The third-order valence-electron chi connectivity index (χ3n) is 3.20. The Hall–Kier alpha value is -0.450. The summed E-state index contributed by atoms with van der Waals surface area (Å²) in [6.07, 6.45) is 2.63. The van der Waals surface area contributed by atoms with Gasteiger partial charge in [0.25, 0.3) is 0 Å². The van der Waals surface area contributed by atoms with Gasteiger partial charge < -0.3 is 5.32 Å². The lowest BCUT2D eigenvalue weighted by atomic mass is 10.1. The molecule has 0 aliphatic carbocycles. The van der Waals surface area contributed by atoms with Crippen LogP contribution >= 0.6 is 11.3 Å². The van der Waals surface area contributed by atoms with Crippen molar-refractivity contribution in [3.05, 3.63) is 16.1 Å². The summed E-state index contributed by atoms with van der Waals surface area (Å²) in [6.45, 7) is 8.77. The molecule has 90 valence electrons. The molecule has 1 saturated heterocycles. The Labute approximate surface area is 102 Å². The monoisotopic (exact) mass is 239 g/mol. The summed E-state index contributed by atoms with van der Waals surface area (Å²) in [6, 6.07) is 0.697. The molecule has 0 spiro atoms. The van der Waals surface area contributed by atoms with Crippen LogP contribution in [0.4, 0.5) is 0 Å². The first kappa shape index (κ1) is 12.0. The maximum atomic E-state index is 4.55. The average molecular weight is 239 g/mol. The van der Waals surface area contributed by atoms with Gasteiger partial charge in [0.1, 0.15) is 5.01 Å². The van der Waals surface area contributed by atoms with Gasteiger partial charge in [0.15, 0.2) is 0 Å². The minimum absolute atomic E-state index is 0.697. The lowest BCUT2D eigenvalue weighted by molar-refractivity contribution is 0.166. The summed E-state index contributed by atoms with van der Waals surface area (Å²) in [5, 5.41) is 6.88. The zero-order valence-corrected chi connectivity index (χ0v) is 11.0. The highest BCUT2D eigenvalue weighted by molar-refractivity contribution is 7.09. The SMILES string of the molecule is CCN(Cc1nc(C)cs1)C1CCCNC1. The van der Waals surface area contributed by atoms with Crippen LogP contribution in [0.5, 0.6) is 0 Å². The number of aryl methyl sites for hydroxylation is 1. The highest BCUT2D eigenvalue weighted by Gasteiger charge is 2.20. The van der Waals surface area contributed by atoms with Crippen molar-refractivity contribution in [3.8, 4) is 0 Å². The number of hydrogen-bond donors (Lipinski definition) is 1. The third-order valence-corrected chi connectivity index (χ3v) is 4.15. The standard InChI is InChI=1S/C12H21N3S/c1-3-15(11-5-4-6-13-7-11)8-12-14-10(2)9-16-12/h9,11,13H,3-8H2,1-2H3. The van der Waals surface area contributed by atoms with Crippen LogP contribution in [0.3, 0.4) is 0 Å². The smallest absolute Gasteiger partial charge is 0.107 e. The van der Waals surface area contributed by atoms with Gasteiger partial charge in [0.2, 0.25) is 0 Å². The number of piperidine rings is 1. The van der Waals surface area contributed by atoms with Crippen LogP contribution < -0.4 is 5.32 Å². The van der Waals surface area contributed by atoms with Crippen molar-refractivity contribution in [3.63, 3.8) is 0 Å². The predicted octanol–water partition coefficient (Wildman–Crippen LogP) is 2.03. The molecule has 4 heteroatoms. The number of aromatic nitrogens is 1. The fraction of sp³-hybridized carbons (Fsp3) is 0.750. The lowest BCUT2D eigenvalue weighted by Gasteiger charge is -2.33. The van der Waals surface area contributed by atoms with Crippen molar-refractivity contribution >= 4 is 11.3 Å². The van der Waals surface area contributed by atoms with Crippen LogP contribution in [0.25, 0.3) is 0 Å². The Morgan fingerprint density at radius 3 is 3.06 bits per heavy atom. The van der Waals surface area contributed by atoms with E-state index >= 15 is 0 Å². The number of thiazole rings is 1. The second-order valence-electron chi connectivity index (χ2n) is 4.45. The fourth-order valence-corrected chi connectivity index (χ4v) is 3.09. The molecule has 1 aromatic rings. The van der Waals surface area contributed by atoms with Crippen molar-refractivity contribution in [2.24, 2.45) is 0 Å². The van der Waals surface area contributed by atoms with E-state index in [1.165, 1.54) is 24.4 Å². The van der Waals surface area contributed by atoms with Gasteiger partial charge in [-0.2, -0.15) is 0 Å². The van der Waals surface area contributed by atoms with E-state index in [1.54, 1.807) is 11.3 Å². The van der Waals surface area contributed by atoms with Gasteiger partial charge in [0, 0.05) is 23.7 Å². The van der Waals surface area contributed by atoms with Crippen LogP contribution in [-0.2, 0) is 6.54 Å². The van der Waals surface area contributed by atoms with E-state index in [0.29, 0.717) is 6.04 Å². The molecule has 0 amide bonds. The van der Waals surface area contributed by atoms with Gasteiger partial charge in [-0.25, -0.2) is 4.98 Å². The Kier molecular flexibility index (Phi) is 4.32. The fourth-order valence-electron chi connectivity index (χ4n) is 2.29. The number of rotatable bonds is 4. The molecule has 0 saturated carbocycles. The van der Waals surface area contributed by atoms with E-state index < -0.39 is 0 Å².